The van der Waals surface area contributed by atoms with E-state index in [1.165, 1.54) is 5.56 Å². The predicted molar refractivity (Wildman–Crippen MR) is 92.2 cm³/mol. The standard InChI is InChI=1S/C19H19N3O/c1-12-8-9-15(13(2)10-12)17-11-16(19(23)22-21-17)18(20)14-6-4-3-5-7-14/h3-11,18H,20H2,1-2H3,(H,22,23). The van der Waals surface area contributed by atoms with Gasteiger partial charge in [0.1, 0.15) is 0 Å². The van der Waals surface area contributed by atoms with Crippen molar-refractivity contribution >= 4 is 0 Å². The van der Waals surface area contributed by atoms with Gasteiger partial charge in [-0.05, 0) is 31.0 Å². The first-order valence-electron chi connectivity index (χ1n) is 7.54. The average molecular weight is 305 g/mol. The summed E-state index contributed by atoms with van der Waals surface area (Å²) < 4.78 is 0. The molecule has 0 aliphatic rings. The van der Waals surface area contributed by atoms with Crippen LogP contribution in [-0.4, -0.2) is 10.2 Å². The molecule has 23 heavy (non-hydrogen) atoms. The second-order valence-corrected chi connectivity index (χ2v) is 5.74. The Labute approximate surface area is 135 Å². The molecule has 0 aliphatic carbocycles. The van der Waals surface area contributed by atoms with E-state index < -0.39 is 6.04 Å². The number of aryl methyl sites for hydroxylation is 2. The van der Waals surface area contributed by atoms with Crippen molar-refractivity contribution in [2.45, 2.75) is 19.9 Å². The van der Waals surface area contributed by atoms with E-state index in [0.717, 1.165) is 22.4 Å². The number of hydrogen-bond acceptors (Lipinski definition) is 3. The minimum absolute atomic E-state index is 0.255. The molecular formula is C19H19N3O. The minimum atomic E-state index is -0.479. The van der Waals surface area contributed by atoms with E-state index >= 15 is 0 Å². The number of nitrogens with one attached hydrogen (secondary N) is 1. The molecule has 0 saturated heterocycles. The summed E-state index contributed by atoms with van der Waals surface area (Å²) in [6.07, 6.45) is 0. The highest BCUT2D eigenvalue weighted by molar-refractivity contribution is 5.64. The Bertz CT molecular complexity index is 885. The van der Waals surface area contributed by atoms with Crippen LogP contribution >= 0.6 is 0 Å². The van der Waals surface area contributed by atoms with Crippen LogP contribution in [0, 0.1) is 13.8 Å². The van der Waals surface area contributed by atoms with Gasteiger partial charge in [0.25, 0.3) is 5.56 Å². The summed E-state index contributed by atoms with van der Waals surface area (Å²) in [7, 11) is 0. The van der Waals surface area contributed by atoms with E-state index in [1.807, 2.05) is 56.3 Å². The summed E-state index contributed by atoms with van der Waals surface area (Å²) in [4.78, 5) is 12.2. The molecule has 0 saturated carbocycles. The maximum atomic E-state index is 12.2. The summed E-state index contributed by atoms with van der Waals surface area (Å²) >= 11 is 0. The Balaban J connectivity index is 2.08. The highest BCUT2D eigenvalue weighted by Gasteiger charge is 2.15. The topological polar surface area (TPSA) is 71.8 Å². The molecule has 1 atom stereocenters. The van der Waals surface area contributed by atoms with Gasteiger partial charge >= 0.3 is 0 Å². The molecule has 1 heterocycles. The highest BCUT2D eigenvalue weighted by atomic mass is 16.1. The first kappa shape index (κ1) is 15.2. The number of nitrogens with zero attached hydrogens (tertiary/aromatic N) is 1. The van der Waals surface area contributed by atoms with Crippen LogP contribution in [-0.2, 0) is 0 Å². The summed E-state index contributed by atoms with van der Waals surface area (Å²) in [5.74, 6) is 0. The van der Waals surface area contributed by atoms with Crippen molar-refractivity contribution in [2.75, 3.05) is 0 Å². The monoisotopic (exact) mass is 305 g/mol. The van der Waals surface area contributed by atoms with Crippen LogP contribution in [0.4, 0.5) is 0 Å². The molecule has 0 radical (unpaired) electrons. The number of nitrogens with two attached hydrogens (primary N) is 1. The van der Waals surface area contributed by atoms with Gasteiger partial charge in [0.05, 0.1) is 11.7 Å². The van der Waals surface area contributed by atoms with E-state index in [-0.39, 0.29) is 5.56 Å². The van der Waals surface area contributed by atoms with Crippen LogP contribution in [0.2, 0.25) is 0 Å². The van der Waals surface area contributed by atoms with Crippen molar-refractivity contribution < 1.29 is 0 Å². The molecule has 1 unspecified atom stereocenters. The number of aromatic nitrogens is 2. The lowest BCUT2D eigenvalue weighted by Gasteiger charge is -2.13. The van der Waals surface area contributed by atoms with Gasteiger partial charge in [-0.3, -0.25) is 4.79 Å². The van der Waals surface area contributed by atoms with Gasteiger partial charge in [-0.15, -0.1) is 0 Å². The van der Waals surface area contributed by atoms with Gasteiger partial charge in [0, 0.05) is 11.1 Å². The van der Waals surface area contributed by atoms with Crippen LogP contribution < -0.4 is 11.3 Å². The molecule has 0 spiro atoms. The Hall–Kier alpha value is -2.72. The largest absolute Gasteiger partial charge is 0.320 e. The predicted octanol–water partition coefficient (Wildman–Crippen LogP) is 3.10. The zero-order valence-electron chi connectivity index (χ0n) is 13.2. The molecular weight excluding hydrogens is 286 g/mol. The smallest absolute Gasteiger partial charge is 0.269 e. The fourth-order valence-electron chi connectivity index (χ4n) is 2.73. The van der Waals surface area contributed by atoms with E-state index in [2.05, 4.69) is 16.3 Å². The Kier molecular flexibility index (Phi) is 4.08. The minimum Gasteiger partial charge on any atom is -0.320 e. The Morgan fingerprint density at radius 1 is 1.04 bits per heavy atom. The first-order chi connectivity index (χ1) is 11.1. The molecule has 2 aromatic carbocycles. The second-order valence-electron chi connectivity index (χ2n) is 5.74. The Morgan fingerprint density at radius 2 is 1.78 bits per heavy atom. The number of hydrogen-bond donors (Lipinski definition) is 2. The molecule has 0 bridgehead atoms. The average Bonchev–Trinajstić information content (AvgIpc) is 2.56. The zero-order valence-corrected chi connectivity index (χ0v) is 13.2. The normalized spacial score (nSPS) is 12.1. The van der Waals surface area contributed by atoms with E-state index in [1.54, 1.807) is 6.07 Å². The number of H-pyrrole nitrogens is 1. The highest BCUT2D eigenvalue weighted by Crippen LogP contribution is 2.24. The summed E-state index contributed by atoms with van der Waals surface area (Å²) in [6, 6.07) is 17.0. The lowest BCUT2D eigenvalue weighted by molar-refractivity contribution is 0.827. The van der Waals surface area contributed by atoms with E-state index in [0.29, 0.717) is 5.56 Å². The Morgan fingerprint density at radius 3 is 2.48 bits per heavy atom. The molecule has 0 fully saturated rings. The van der Waals surface area contributed by atoms with Crippen molar-refractivity contribution in [1.82, 2.24) is 10.2 Å². The van der Waals surface area contributed by atoms with Crippen LogP contribution in [0.3, 0.4) is 0 Å². The third-order valence-electron chi connectivity index (χ3n) is 3.98. The fourth-order valence-corrected chi connectivity index (χ4v) is 2.73. The number of aromatic amines is 1. The summed E-state index contributed by atoms with van der Waals surface area (Å²) in [5.41, 5.74) is 11.5. The van der Waals surface area contributed by atoms with E-state index in [9.17, 15) is 4.79 Å². The van der Waals surface area contributed by atoms with Crippen molar-refractivity contribution in [3.05, 3.63) is 87.2 Å². The number of rotatable bonds is 3. The van der Waals surface area contributed by atoms with Crippen molar-refractivity contribution in [3.63, 3.8) is 0 Å². The van der Waals surface area contributed by atoms with Gasteiger partial charge in [0.2, 0.25) is 0 Å². The molecule has 116 valence electrons. The SMILES string of the molecule is Cc1ccc(-c2cc(C(N)c3ccccc3)c(=O)[nH]n2)c(C)c1. The molecule has 1 aromatic heterocycles. The lowest BCUT2D eigenvalue weighted by atomic mass is 9.98. The van der Waals surface area contributed by atoms with Gasteiger partial charge in [0.15, 0.2) is 0 Å². The molecule has 3 rings (SSSR count). The maximum Gasteiger partial charge on any atom is 0.269 e. The van der Waals surface area contributed by atoms with Crippen LogP contribution in [0.25, 0.3) is 11.3 Å². The van der Waals surface area contributed by atoms with Crippen molar-refractivity contribution in [3.8, 4) is 11.3 Å². The third kappa shape index (κ3) is 3.07. The van der Waals surface area contributed by atoms with Gasteiger partial charge in [-0.2, -0.15) is 5.10 Å². The van der Waals surface area contributed by atoms with Crippen LogP contribution in [0.15, 0.2) is 59.4 Å². The van der Waals surface area contributed by atoms with Gasteiger partial charge < -0.3 is 5.73 Å². The molecule has 0 aliphatic heterocycles. The lowest BCUT2D eigenvalue weighted by Crippen LogP contribution is -2.23. The van der Waals surface area contributed by atoms with Crippen molar-refractivity contribution in [2.24, 2.45) is 5.73 Å². The molecule has 4 nitrogen and oxygen atoms in total. The third-order valence-corrected chi connectivity index (χ3v) is 3.98. The fraction of sp³-hybridized carbons (Fsp3) is 0.158. The zero-order chi connectivity index (χ0) is 16.4. The summed E-state index contributed by atoms with van der Waals surface area (Å²) in [6.45, 7) is 4.08. The maximum absolute atomic E-state index is 12.2. The number of benzene rings is 2. The van der Waals surface area contributed by atoms with Crippen molar-refractivity contribution in [1.29, 1.82) is 0 Å². The van der Waals surface area contributed by atoms with E-state index in [4.69, 9.17) is 5.73 Å². The van der Waals surface area contributed by atoms with Gasteiger partial charge in [-0.25, -0.2) is 5.10 Å². The second kappa shape index (κ2) is 6.18. The molecule has 4 heteroatoms. The van der Waals surface area contributed by atoms with Crippen LogP contribution in [0.5, 0.6) is 0 Å². The quantitative estimate of drug-likeness (QED) is 0.781. The molecule has 3 aromatic rings. The summed E-state index contributed by atoms with van der Waals surface area (Å²) in [5, 5.41) is 6.76. The molecule has 0 amide bonds. The van der Waals surface area contributed by atoms with Crippen LogP contribution in [0.1, 0.15) is 28.3 Å². The van der Waals surface area contributed by atoms with Gasteiger partial charge in [-0.1, -0.05) is 54.1 Å². The molecule has 3 N–H and O–H groups in total. The first-order valence-corrected chi connectivity index (χ1v) is 7.54.